The molecule has 0 spiro atoms. The third kappa shape index (κ3) is 5.79. The standard InChI is InChI=1S/C20H22BrFN2O3/c1-4-27-15-8-5-13(6-9-15)19(25)24-18(12(2)3)20(26)23-17-10-7-14(22)11-16(17)21/h5-12,18H,4H2,1-3H3,(H,23,26)(H,24,25). The molecule has 2 N–H and O–H groups in total. The summed E-state index contributed by atoms with van der Waals surface area (Å²) in [7, 11) is 0. The van der Waals surface area contributed by atoms with Crippen LogP contribution in [0.3, 0.4) is 0 Å². The number of ether oxygens (including phenoxy) is 1. The molecule has 2 amide bonds. The van der Waals surface area contributed by atoms with Crippen LogP contribution in [0, 0.1) is 11.7 Å². The highest BCUT2D eigenvalue weighted by atomic mass is 79.9. The Hall–Kier alpha value is -2.41. The van der Waals surface area contributed by atoms with Crippen molar-refractivity contribution >= 4 is 33.4 Å². The topological polar surface area (TPSA) is 67.4 Å². The first-order valence-electron chi connectivity index (χ1n) is 8.61. The first-order valence-corrected chi connectivity index (χ1v) is 9.40. The second-order valence-electron chi connectivity index (χ2n) is 6.27. The summed E-state index contributed by atoms with van der Waals surface area (Å²) in [6, 6.07) is 9.93. The van der Waals surface area contributed by atoms with Gasteiger partial charge in [-0.1, -0.05) is 13.8 Å². The summed E-state index contributed by atoms with van der Waals surface area (Å²) >= 11 is 3.21. The molecule has 2 aromatic carbocycles. The van der Waals surface area contributed by atoms with Crippen LogP contribution in [0.1, 0.15) is 31.1 Å². The van der Waals surface area contributed by atoms with Crippen molar-refractivity contribution in [2.24, 2.45) is 5.92 Å². The molecule has 0 heterocycles. The Labute approximate surface area is 166 Å². The number of rotatable bonds is 7. The number of halogens is 2. The van der Waals surface area contributed by atoms with E-state index < -0.39 is 11.9 Å². The second-order valence-corrected chi connectivity index (χ2v) is 7.12. The second kappa shape index (κ2) is 9.50. The van der Waals surface area contributed by atoms with Gasteiger partial charge in [0, 0.05) is 10.0 Å². The Balaban J connectivity index is 2.09. The van der Waals surface area contributed by atoms with Gasteiger partial charge >= 0.3 is 0 Å². The summed E-state index contributed by atoms with van der Waals surface area (Å²) in [5.74, 6) is -0.616. The number of benzene rings is 2. The normalized spacial score (nSPS) is 11.8. The molecule has 2 aromatic rings. The Morgan fingerprint density at radius 3 is 2.37 bits per heavy atom. The van der Waals surface area contributed by atoms with Crippen molar-refractivity contribution in [3.05, 3.63) is 58.3 Å². The smallest absolute Gasteiger partial charge is 0.251 e. The number of carbonyl (C=O) groups is 2. The molecule has 7 heteroatoms. The molecular weight excluding hydrogens is 415 g/mol. The van der Waals surface area contributed by atoms with Gasteiger partial charge < -0.3 is 15.4 Å². The quantitative estimate of drug-likeness (QED) is 0.676. The maximum absolute atomic E-state index is 13.2. The average molecular weight is 437 g/mol. The lowest BCUT2D eigenvalue weighted by molar-refractivity contribution is -0.118. The lowest BCUT2D eigenvalue weighted by Crippen LogP contribution is -2.47. The van der Waals surface area contributed by atoms with E-state index in [0.29, 0.717) is 28.1 Å². The summed E-state index contributed by atoms with van der Waals surface area (Å²) in [5.41, 5.74) is 0.863. The van der Waals surface area contributed by atoms with Crippen LogP contribution in [0.25, 0.3) is 0 Å². The number of amides is 2. The fourth-order valence-electron chi connectivity index (χ4n) is 2.43. The van der Waals surface area contributed by atoms with Crippen LogP contribution in [-0.4, -0.2) is 24.5 Å². The fourth-order valence-corrected chi connectivity index (χ4v) is 2.88. The summed E-state index contributed by atoms with van der Waals surface area (Å²) in [4.78, 5) is 25.1. The van der Waals surface area contributed by atoms with E-state index in [9.17, 15) is 14.0 Å². The predicted octanol–water partition coefficient (Wildman–Crippen LogP) is 4.38. The first-order chi connectivity index (χ1) is 12.8. The molecule has 144 valence electrons. The van der Waals surface area contributed by atoms with E-state index in [2.05, 4.69) is 26.6 Å². The van der Waals surface area contributed by atoms with Gasteiger partial charge in [0.05, 0.1) is 12.3 Å². The molecule has 0 aliphatic heterocycles. The molecule has 0 aliphatic rings. The Kier molecular flexibility index (Phi) is 7.36. The summed E-state index contributed by atoms with van der Waals surface area (Å²) < 4.78 is 19.0. The largest absolute Gasteiger partial charge is 0.494 e. The summed E-state index contributed by atoms with van der Waals surface area (Å²) in [6.07, 6.45) is 0. The van der Waals surface area contributed by atoms with Crippen molar-refractivity contribution in [1.82, 2.24) is 5.32 Å². The van der Waals surface area contributed by atoms with Crippen LogP contribution in [0.2, 0.25) is 0 Å². The molecular formula is C20H22BrFN2O3. The van der Waals surface area contributed by atoms with Crippen molar-refractivity contribution in [1.29, 1.82) is 0 Å². The van der Waals surface area contributed by atoms with E-state index >= 15 is 0 Å². The minimum absolute atomic E-state index is 0.143. The maximum Gasteiger partial charge on any atom is 0.251 e. The third-order valence-corrected chi connectivity index (χ3v) is 4.51. The highest BCUT2D eigenvalue weighted by molar-refractivity contribution is 9.10. The molecule has 0 saturated heterocycles. The van der Waals surface area contributed by atoms with Gasteiger partial charge in [-0.15, -0.1) is 0 Å². The van der Waals surface area contributed by atoms with Crippen molar-refractivity contribution < 1.29 is 18.7 Å². The monoisotopic (exact) mass is 436 g/mol. The minimum Gasteiger partial charge on any atom is -0.494 e. The zero-order chi connectivity index (χ0) is 20.0. The lowest BCUT2D eigenvalue weighted by atomic mass is 10.0. The molecule has 0 saturated carbocycles. The molecule has 1 atom stereocenters. The van der Waals surface area contributed by atoms with Crippen LogP contribution in [-0.2, 0) is 4.79 Å². The van der Waals surface area contributed by atoms with Crippen LogP contribution < -0.4 is 15.4 Å². The summed E-state index contributed by atoms with van der Waals surface area (Å²) in [5, 5.41) is 5.47. The third-order valence-electron chi connectivity index (χ3n) is 3.85. The average Bonchev–Trinajstić information content (AvgIpc) is 2.62. The molecule has 27 heavy (non-hydrogen) atoms. The van der Waals surface area contributed by atoms with Gasteiger partial charge in [0.25, 0.3) is 5.91 Å². The van der Waals surface area contributed by atoms with Crippen molar-refractivity contribution in [2.75, 3.05) is 11.9 Å². The molecule has 0 radical (unpaired) electrons. The minimum atomic E-state index is -0.749. The number of carbonyl (C=O) groups excluding carboxylic acids is 2. The van der Waals surface area contributed by atoms with Gasteiger partial charge in [0.1, 0.15) is 17.6 Å². The Bertz CT molecular complexity index is 809. The van der Waals surface area contributed by atoms with Gasteiger partial charge in [-0.25, -0.2) is 4.39 Å². The highest BCUT2D eigenvalue weighted by Crippen LogP contribution is 2.23. The van der Waals surface area contributed by atoms with E-state index in [1.807, 2.05) is 20.8 Å². The van der Waals surface area contributed by atoms with Gasteiger partial charge in [-0.2, -0.15) is 0 Å². The van der Waals surface area contributed by atoms with Gasteiger partial charge in [-0.05, 0) is 71.2 Å². The zero-order valence-corrected chi connectivity index (χ0v) is 17.0. The molecule has 0 aromatic heterocycles. The van der Waals surface area contributed by atoms with E-state index in [1.54, 1.807) is 24.3 Å². The first kappa shape index (κ1) is 20.9. The fraction of sp³-hybridized carbons (Fsp3) is 0.300. The predicted molar refractivity (Wildman–Crippen MR) is 106 cm³/mol. The van der Waals surface area contributed by atoms with Crippen molar-refractivity contribution in [2.45, 2.75) is 26.8 Å². The van der Waals surface area contributed by atoms with E-state index in [0.717, 1.165) is 0 Å². The number of hydrogen-bond donors (Lipinski definition) is 2. The summed E-state index contributed by atoms with van der Waals surface area (Å²) in [6.45, 7) is 6.09. The van der Waals surface area contributed by atoms with E-state index in [-0.39, 0.29) is 17.7 Å². The van der Waals surface area contributed by atoms with E-state index in [4.69, 9.17) is 4.74 Å². The van der Waals surface area contributed by atoms with Gasteiger partial charge in [-0.3, -0.25) is 9.59 Å². The lowest BCUT2D eigenvalue weighted by Gasteiger charge is -2.22. The maximum atomic E-state index is 13.2. The number of anilines is 1. The molecule has 2 rings (SSSR count). The Morgan fingerprint density at radius 2 is 1.81 bits per heavy atom. The van der Waals surface area contributed by atoms with Gasteiger partial charge in [0.15, 0.2) is 0 Å². The van der Waals surface area contributed by atoms with Crippen LogP contribution >= 0.6 is 15.9 Å². The van der Waals surface area contributed by atoms with Crippen LogP contribution in [0.4, 0.5) is 10.1 Å². The van der Waals surface area contributed by atoms with Crippen molar-refractivity contribution in [3.63, 3.8) is 0 Å². The Morgan fingerprint density at radius 1 is 1.15 bits per heavy atom. The molecule has 5 nitrogen and oxygen atoms in total. The zero-order valence-electron chi connectivity index (χ0n) is 15.4. The molecule has 0 fully saturated rings. The van der Waals surface area contributed by atoms with Crippen LogP contribution in [0.5, 0.6) is 5.75 Å². The molecule has 0 aliphatic carbocycles. The SMILES string of the molecule is CCOc1ccc(C(=O)NC(C(=O)Nc2ccc(F)cc2Br)C(C)C)cc1. The van der Waals surface area contributed by atoms with E-state index in [1.165, 1.54) is 18.2 Å². The van der Waals surface area contributed by atoms with Gasteiger partial charge in [0.2, 0.25) is 5.91 Å². The number of hydrogen-bond acceptors (Lipinski definition) is 3. The van der Waals surface area contributed by atoms with Crippen molar-refractivity contribution in [3.8, 4) is 5.75 Å². The molecule has 0 bridgehead atoms. The highest BCUT2D eigenvalue weighted by Gasteiger charge is 2.25. The molecule has 1 unspecified atom stereocenters. The number of nitrogens with one attached hydrogen (secondary N) is 2. The van der Waals surface area contributed by atoms with Crippen LogP contribution in [0.15, 0.2) is 46.9 Å².